The van der Waals surface area contributed by atoms with Gasteiger partial charge in [-0.15, -0.1) is 23.1 Å². The van der Waals surface area contributed by atoms with Crippen molar-refractivity contribution in [2.45, 2.75) is 30.7 Å². The average molecular weight is 313 g/mol. The molecule has 4 atom stereocenters. The minimum absolute atomic E-state index is 0.334. The summed E-state index contributed by atoms with van der Waals surface area (Å²) >= 11 is 2.90. The van der Waals surface area contributed by atoms with Crippen LogP contribution in [0.1, 0.15) is 5.01 Å². The van der Waals surface area contributed by atoms with Gasteiger partial charge >= 0.3 is 0 Å². The monoisotopic (exact) mass is 313 g/mol. The molecule has 0 bridgehead atoms. The van der Waals surface area contributed by atoms with E-state index >= 15 is 0 Å². The van der Waals surface area contributed by atoms with Gasteiger partial charge in [0.15, 0.2) is 5.44 Å². The smallest absolute Gasteiger partial charge is 0.173 e. The number of ether oxygens (including phenoxy) is 1. The van der Waals surface area contributed by atoms with Crippen molar-refractivity contribution in [3.8, 4) is 5.75 Å². The van der Waals surface area contributed by atoms with Gasteiger partial charge in [0.1, 0.15) is 18.0 Å². The minimum Gasteiger partial charge on any atom is -0.477 e. The van der Waals surface area contributed by atoms with Crippen LogP contribution in [0.15, 0.2) is 18.2 Å². The molecule has 3 N–H and O–H groups in total. The van der Waals surface area contributed by atoms with Crippen LogP contribution in [0.5, 0.6) is 5.75 Å². The van der Waals surface area contributed by atoms with Crippen molar-refractivity contribution in [2.24, 2.45) is 0 Å². The number of nitrogens with zero attached hydrogens (tertiary/aromatic N) is 1. The molecule has 1 aromatic heterocycles. The molecule has 1 fully saturated rings. The highest BCUT2D eigenvalue weighted by Gasteiger charge is 2.38. The van der Waals surface area contributed by atoms with Crippen molar-refractivity contribution < 1.29 is 20.1 Å². The van der Waals surface area contributed by atoms with Gasteiger partial charge in [-0.1, -0.05) is 0 Å². The summed E-state index contributed by atoms with van der Waals surface area (Å²) in [6.07, 6.45) is -3.21. The Bertz CT molecular complexity index is 617. The van der Waals surface area contributed by atoms with E-state index in [1.807, 2.05) is 25.1 Å². The van der Waals surface area contributed by atoms with E-state index < -0.39 is 23.7 Å². The van der Waals surface area contributed by atoms with E-state index in [2.05, 4.69) is 4.98 Å². The van der Waals surface area contributed by atoms with Crippen LogP contribution in [0.3, 0.4) is 0 Å². The van der Waals surface area contributed by atoms with Gasteiger partial charge in [0.05, 0.1) is 21.3 Å². The molecule has 0 unspecified atom stereocenters. The van der Waals surface area contributed by atoms with Crippen LogP contribution in [-0.4, -0.2) is 49.8 Å². The first-order chi connectivity index (χ1) is 9.54. The number of aromatic nitrogens is 1. The number of hydrogen-bond donors (Lipinski definition) is 3. The Balaban J connectivity index is 1.78. The molecule has 0 aliphatic carbocycles. The first-order valence-electron chi connectivity index (χ1n) is 6.24. The second-order valence-corrected chi connectivity index (χ2v) is 7.10. The molecule has 5 nitrogen and oxygen atoms in total. The molecule has 0 radical (unpaired) electrons. The Morgan fingerprint density at radius 1 is 1.25 bits per heavy atom. The minimum atomic E-state index is -1.17. The van der Waals surface area contributed by atoms with E-state index in [0.717, 1.165) is 15.2 Å². The Morgan fingerprint density at radius 3 is 2.85 bits per heavy atom. The number of hydrogen-bond acceptors (Lipinski definition) is 7. The lowest BCUT2D eigenvalue weighted by atomic mass is 10.1. The van der Waals surface area contributed by atoms with E-state index in [9.17, 15) is 15.3 Å². The van der Waals surface area contributed by atoms with Gasteiger partial charge in [-0.05, 0) is 19.1 Å². The van der Waals surface area contributed by atoms with Crippen LogP contribution in [0.2, 0.25) is 0 Å². The quantitative estimate of drug-likeness (QED) is 0.771. The van der Waals surface area contributed by atoms with E-state index in [4.69, 9.17) is 4.74 Å². The SMILES string of the molecule is Cc1nc2cc(O[C@H]3SC[C@@H](O)[C@H](O)[C@H]3O)ccc2s1. The van der Waals surface area contributed by atoms with Crippen LogP contribution >= 0.6 is 23.1 Å². The average Bonchev–Trinajstić information content (AvgIpc) is 2.79. The molecule has 3 rings (SSSR count). The number of fused-ring (bicyclic) bond motifs is 1. The second kappa shape index (κ2) is 5.50. The molecule has 108 valence electrons. The lowest BCUT2D eigenvalue weighted by molar-refractivity contribution is -0.0785. The van der Waals surface area contributed by atoms with Gasteiger partial charge in [-0.3, -0.25) is 0 Å². The van der Waals surface area contributed by atoms with Crippen molar-refractivity contribution in [1.29, 1.82) is 0 Å². The van der Waals surface area contributed by atoms with Gasteiger partial charge in [0.25, 0.3) is 0 Å². The van der Waals surface area contributed by atoms with Gasteiger partial charge in [-0.2, -0.15) is 0 Å². The zero-order valence-corrected chi connectivity index (χ0v) is 12.4. The fourth-order valence-corrected chi connectivity index (χ4v) is 4.04. The Morgan fingerprint density at radius 2 is 2.05 bits per heavy atom. The van der Waals surface area contributed by atoms with Gasteiger partial charge in [-0.25, -0.2) is 4.98 Å². The molecule has 1 saturated heterocycles. The molecule has 1 aliphatic rings. The van der Waals surface area contributed by atoms with Crippen molar-refractivity contribution in [3.63, 3.8) is 0 Å². The molecule has 2 aromatic rings. The molecular weight excluding hydrogens is 298 g/mol. The summed E-state index contributed by atoms with van der Waals surface area (Å²) in [5.74, 6) is 0.934. The lowest BCUT2D eigenvalue weighted by Crippen LogP contribution is -2.50. The maximum Gasteiger partial charge on any atom is 0.173 e. The van der Waals surface area contributed by atoms with Crippen molar-refractivity contribution in [3.05, 3.63) is 23.2 Å². The maximum absolute atomic E-state index is 9.92. The largest absolute Gasteiger partial charge is 0.477 e. The number of benzene rings is 1. The van der Waals surface area contributed by atoms with Gasteiger partial charge < -0.3 is 20.1 Å². The van der Waals surface area contributed by atoms with Crippen molar-refractivity contribution in [2.75, 3.05) is 5.75 Å². The van der Waals surface area contributed by atoms with E-state index in [-0.39, 0.29) is 0 Å². The number of thiazole rings is 1. The third-order valence-corrected chi connectivity index (χ3v) is 5.36. The molecule has 0 saturated carbocycles. The first-order valence-corrected chi connectivity index (χ1v) is 8.11. The number of aryl methyl sites for hydroxylation is 1. The molecule has 1 aromatic carbocycles. The molecule has 0 amide bonds. The number of thioether (sulfide) groups is 1. The Hall–Kier alpha value is -0.860. The van der Waals surface area contributed by atoms with Crippen LogP contribution in [0, 0.1) is 6.92 Å². The molecule has 2 heterocycles. The lowest BCUT2D eigenvalue weighted by Gasteiger charge is -2.34. The molecule has 20 heavy (non-hydrogen) atoms. The summed E-state index contributed by atoms with van der Waals surface area (Å²) in [4.78, 5) is 4.39. The molecule has 0 spiro atoms. The number of aliphatic hydroxyl groups is 3. The third-order valence-electron chi connectivity index (χ3n) is 3.17. The van der Waals surface area contributed by atoms with Crippen LogP contribution < -0.4 is 4.74 Å². The fraction of sp³-hybridized carbons (Fsp3) is 0.462. The number of aliphatic hydroxyl groups excluding tert-OH is 3. The number of rotatable bonds is 2. The zero-order valence-electron chi connectivity index (χ0n) is 10.8. The fourth-order valence-electron chi connectivity index (χ4n) is 2.11. The molecular formula is C13H15NO4S2. The summed E-state index contributed by atoms with van der Waals surface area (Å²) in [5.41, 5.74) is 0.270. The summed E-state index contributed by atoms with van der Waals surface area (Å²) in [6, 6.07) is 5.58. The predicted molar refractivity (Wildman–Crippen MR) is 79.3 cm³/mol. The molecule has 1 aliphatic heterocycles. The van der Waals surface area contributed by atoms with E-state index in [0.29, 0.717) is 11.5 Å². The summed E-state index contributed by atoms with van der Waals surface area (Å²) < 4.78 is 6.80. The Kier molecular flexibility index (Phi) is 3.87. The first kappa shape index (κ1) is 14.1. The summed E-state index contributed by atoms with van der Waals surface area (Å²) in [7, 11) is 0. The predicted octanol–water partition coefficient (Wildman–Crippen LogP) is 1.14. The second-order valence-electron chi connectivity index (χ2n) is 4.73. The Labute approximate surface area is 124 Å². The highest BCUT2D eigenvalue weighted by atomic mass is 32.2. The zero-order chi connectivity index (χ0) is 14.3. The molecule has 7 heteroatoms. The van der Waals surface area contributed by atoms with E-state index in [1.165, 1.54) is 11.8 Å². The van der Waals surface area contributed by atoms with Crippen LogP contribution in [0.25, 0.3) is 10.2 Å². The third kappa shape index (κ3) is 2.64. The maximum atomic E-state index is 9.92. The summed E-state index contributed by atoms with van der Waals surface area (Å²) in [5, 5.41) is 30.1. The van der Waals surface area contributed by atoms with E-state index in [1.54, 1.807) is 11.3 Å². The highest BCUT2D eigenvalue weighted by Crippen LogP contribution is 2.31. The van der Waals surface area contributed by atoms with Crippen molar-refractivity contribution in [1.82, 2.24) is 4.98 Å². The summed E-state index contributed by atoms with van der Waals surface area (Å²) in [6.45, 7) is 1.95. The standard InChI is InChI=1S/C13H15NO4S2/c1-6-14-8-4-7(2-3-10(8)20-6)18-13-12(17)11(16)9(15)5-19-13/h2-4,9,11-13,15-17H,5H2,1H3/t9-,11+,12-,13+/m1/s1. The van der Waals surface area contributed by atoms with Gasteiger partial charge in [0, 0.05) is 11.8 Å². The van der Waals surface area contributed by atoms with Crippen molar-refractivity contribution >= 4 is 33.3 Å². The van der Waals surface area contributed by atoms with Gasteiger partial charge in [0.2, 0.25) is 0 Å². The normalized spacial score (nSPS) is 30.6. The highest BCUT2D eigenvalue weighted by molar-refractivity contribution is 7.99. The van der Waals surface area contributed by atoms with Crippen LogP contribution in [0.4, 0.5) is 0 Å². The van der Waals surface area contributed by atoms with Crippen LogP contribution in [-0.2, 0) is 0 Å². The topological polar surface area (TPSA) is 82.8 Å².